The number of anilines is 3. The van der Waals surface area contributed by atoms with Crippen LogP contribution in [-0.4, -0.2) is 27.9 Å². The predicted molar refractivity (Wildman–Crippen MR) is 99.9 cm³/mol. The number of aromatic nitrogens is 3. The highest BCUT2D eigenvalue weighted by Gasteiger charge is 2.16. The first-order valence-corrected chi connectivity index (χ1v) is 9.55. The number of hydrogen-bond acceptors (Lipinski definition) is 9. The van der Waals surface area contributed by atoms with E-state index < -0.39 is 0 Å². The van der Waals surface area contributed by atoms with Crippen LogP contribution in [0.2, 0.25) is 0 Å². The van der Waals surface area contributed by atoms with Crippen molar-refractivity contribution in [1.29, 1.82) is 0 Å². The average Bonchev–Trinajstić information content (AvgIpc) is 3.34. The molecule has 0 spiro atoms. The largest absolute Gasteiger partial charge is 0.454 e. The highest BCUT2D eigenvalue weighted by atomic mass is 32.1. The molecule has 2 N–H and O–H groups in total. The van der Waals surface area contributed by atoms with E-state index in [1.807, 2.05) is 32.0 Å². The molecule has 1 aliphatic heterocycles. The predicted octanol–water partition coefficient (Wildman–Crippen LogP) is 3.84. The number of amides is 1. The summed E-state index contributed by atoms with van der Waals surface area (Å²) >= 11 is 2.70. The summed E-state index contributed by atoms with van der Waals surface area (Å²) in [7, 11) is 0. The lowest BCUT2D eigenvalue weighted by molar-refractivity contribution is 0.102. The molecular weight excluding hydrogens is 374 g/mol. The highest BCUT2D eigenvalue weighted by Crippen LogP contribution is 2.35. The van der Waals surface area contributed by atoms with Crippen molar-refractivity contribution in [3.8, 4) is 11.5 Å². The van der Waals surface area contributed by atoms with E-state index in [1.165, 1.54) is 22.7 Å². The molecule has 0 saturated carbocycles. The molecule has 2 aromatic heterocycles. The molecule has 4 rings (SSSR count). The minimum absolute atomic E-state index is 0.227. The Bertz CT molecular complexity index is 953. The van der Waals surface area contributed by atoms with Crippen LogP contribution in [0, 0.1) is 0 Å². The molecule has 0 unspecified atom stereocenters. The number of nitrogens with zero attached hydrogens (tertiary/aromatic N) is 3. The summed E-state index contributed by atoms with van der Waals surface area (Å²) in [5.74, 6) is 1.36. The van der Waals surface area contributed by atoms with Gasteiger partial charge in [-0.1, -0.05) is 25.2 Å². The van der Waals surface area contributed by atoms with Gasteiger partial charge in [0.25, 0.3) is 5.91 Å². The maximum Gasteiger partial charge on any atom is 0.277 e. The maximum atomic E-state index is 12.3. The van der Waals surface area contributed by atoms with E-state index in [-0.39, 0.29) is 18.6 Å². The number of thiazole rings is 1. The van der Waals surface area contributed by atoms with E-state index in [2.05, 4.69) is 25.8 Å². The van der Waals surface area contributed by atoms with Crippen LogP contribution < -0.4 is 20.1 Å². The summed E-state index contributed by atoms with van der Waals surface area (Å²) in [5, 5.41) is 17.6. The summed E-state index contributed by atoms with van der Waals surface area (Å²) in [6.45, 7) is 4.28. The van der Waals surface area contributed by atoms with Crippen LogP contribution in [0.5, 0.6) is 11.5 Å². The van der Waals surface area contributed by atoms with Gasteiger partial charge in [0, 0.05) is 23.1 Å². The Hall–Kier alpha value is -2.72. The van der Waals surface area contributed by atoms with Gasteiger partial charge in [-0.15, -0.1) is 21.5 Å². The monoisotopic (exact) mass is 389 g/mol. The van der Waals surface area contributed by atoms with Crippen LogP contribution in [0.4, 0.5) is 16.0 Å². The number of ether oxygens (including phenoxy) is 2. The second kappa shape index (κ2) is 6.89. The molecule has 1 aromatic carbocycles. The van der Waals surface area contributed by atoms with Gasteiger partial charge in [-0.2, -0.15) is 0 Å². The van der Waals surface area contributed by atoms with E-state index in [9.17, 15) is 4.79 Å². The third-order valence-corrected chi connectivity index (χ3v) is 5.41. The van der Waals surface area contributed by atoms with Crippen molar-refractivity contribution in [2.75, 3.05) is 17.4 Å². The van der Waals surface area contributed by atoms with Crippen LogP contribution in [0.25, 0.3) is 0 Å². The molecule has 0 aliphatic carbocycles. The number of carbonyl (C=O) groups is 1. The third-order valence-electron chi connectivity index (χ3n) is 3.52. The molecule has 10 heteroatoms. The summed E-state index contributed by atoms with van der Waals surface area (Å²) in [5.41, 5.74) is 1.13. The van der Waals surface area contributed by atoms with E-state index >= 15 is 0 Å². The molecule has 1 aliphatic rings. The fourth-order valence-electron chi connectivity index (χ4n) is 2.21. The SMILES string of the molecule is CC(C)c1nnc(NC(=O)c2csc(Nc3ccc4c(c3)OCO4)n2)s1. The van der Waals surface area contributed by atoms with Gasteiger partial charge in [0.15, 0.2) is 16.6 Å². The van der Waals surface area contributed by atoms with Crippen molar-refractivity contribution in [3.63, 3.8) is 0 Å². The van der Waals surface area contributed by atoms with Gasteiger partial charge in [0.2, 0.25) is 11.9 Å². The molecular formula is C16H15N5O3S2. The van der Waals surface area contributed by atoms with E-state index in [1.54, 1.807) is 5.38 Å². The number of nitrogens with one attached hydrogen (secondary N) is 2. The molecule has 26 heavy (non-hydrogen) atoms. The van der Waals surface area contributed by atoms with Crippen molar-refractivity contribution in [2.24, 2.45) is 0 Å². The van der Waals surface area contributed by atoms with Crippen LogP contribution >= 0.6 is 22.7 Å². The van der Waals surface area contributed by atoms with Gasteiger partial charge >= 0.3 is 0 Å². The van der Waals surface area contributed by atoms with Crippen molar-refractivity contribution in [3.05, 3.63) is 34.3 Å². The minimum Gasteiger partial charge on any atom is -0.454 e. The molecule has 0 fully saturated rings. The fraction of sp³-hybridized carbons (Fsp3) is 0.250. The molecule has 0 atom stereocenters. The molecule has 1 amide bonds. The lowest BCUT2D eigenvalue weighted by Crippen LogP contribution is -2.12. The van der Waals surface area contributed by atoms with Gasteiger partial charge < -0.3 is 14.8 Å². The zero-order valence-electron chi connectivity index (χ0n) is 14.0. The fourth-order valence-corrected chi connectivity index (χ4v) is 3.66. The van der Waals surface area contributed by atoms with Gasteiger partial charge in [-0.3, -0.25) is 10.1 Å². The first-order chi connectivity index (χ1) is 12.6. The topological polar surface area (TPSA) is 98.3 Å². The first kappa shape index (κ1) is 16.7. The number of fused-ring (bicyclic) bond motifs is 1. The van der Waals surface area contributed by atoms with Crippen molar-refractivity contribution < 1.29 is 14.3 Å². The minimum atomic E-state index is -0.313. The summed E-state index contributed by atoms with van der Waals surface area (Å²) in [4.78, 5) is 16.6. The maximum absolute atomic E-state index is 12.3. The summed E-state index contributed by atoms with van der Waals surface area (Å²) < 4.78 is 10.6. The average molecular weight is 389 g/mol. The second-order valence-corrected chi connectivity index (χ2v) is 7.65. The first-order valence-electron chi connectivity index (χ1n) is 7.85. The van der Waals surface area contributed by atoms with E-state index in [4.69, 9.17) is 9.47 Å². The Morgan fingerprint density at radius 3 is 2.85 bits per heavy atom. The van der Waals surface area contributed by atoms with Crippen LogP contribution in [0.15, 0.2) is 23.6 Å². The third kappa shape index (κ3) is 3.46. The summed E-state index contributed by atoms with van der Waals surface area (Å²) in [6, 6.07) is 5.52. The molecule has 0 bridgehead atoms. The van der Waals surface area contributed by atoms with Crippen LogP contribution in [-0.2, 0) is 0 Å². The Balaban J connectivity index is 1.42. The number of hydrogen-bond donors (Lipinski definition) is 2. The number of carbonyl (C=O) groups excluding carboxylic acids is 1. The molecule has 3 heterocycles. The van der Waals surface area contributed by atoms with Gasteiger partial charge in [-0.25, -0.2) is 4.98 Å². The normalized spacial score (nSPS) is 12.4. The van der Waals surface area contributed by atoms with Crippen LogP contribution in [0.3, 0.4) is 0 Å². The van der Waals surface area contributed by atoms with Crippen molar-refractivity contribution in [2.45, 2.75) is 19.8 Å². The molecule has 134 valence electrons. The van der Waals surface area contributed by atoms with Crippen LogP contribution in [0.1, 0.15) is 35.3 Å². The molecule has 8 nitrogen and oxygen atoms in total. The van der Waals surface area contributed by atoms with Gasteiger partial charge in [0.05, 0.1) is 0 Å². The number of benzene rings is 1. The zero-order valence-corrected chi connectivity index (χ0v) is 15.6. The Morgan fingerprint density at radius 1 is 1.19 bits per heavy atom. The Morgan fingerprint density at radius 2 is 2.04 bits per heavy atom. The Kier molecular flexibility index (Phi) is 4.43. The molecule has 0 saturated heterocycles. The van der Waals surface area contributed by atoms with Crippen molar-refractivity contribution in [1.82, 2.24) is 15.2 Å². The lowest BCUT2D eigenvalue weighted by Gasteiger charge is -2.03. The number of rotatable bonds is 5. The van der Waals surface area contributed by atoms with Crippen molar-refractivity contribution >= 4 is 44.5 Å². The quantitative estimate of drug-likeness (QED) is 0.684. The standard InChI is InChI=1S/C16H15N5O3S2/c1-8(2)14-20-21-16(26-14)19-13(22)10-6-25-15(18-10)17-9-3-4-11-12(5-9)24-7-23-11/h3-6,8H,7H2,1-2H3,(H,17,18)(H,19,21,22). The summed E-state index contributed by atoms with van der Waals surface area (Å²) in [6.07, 6.45) is 0. The lowest BCUT2D eigenvalue weighted by atomic mass is 10.2. The highest BCUT2D eigenvalue weighted by molar-refractivity contribution is 7.15. The smallest absolute Gasteiger partial charge is 0.277 e. The van der Waals surface area contributed by atoms with E-state index in [0.29, 0.717) is 27.5 Å². The molecule has 0 radical (unpaired) electrons. The van der Waals surface area contributed by atoms with Gasteiger partial charge in [0.1, 0.15) is 10.7 Å². The molecule has 3 aromatic rings. The zero-order chi connectivity index (χ0) is 18.1. The van der Waals surface area contributed by atoms with Gasteiger partial charge in [-0.05, 0) is 12.1 Å². The second-order valence-electron chi connectivity index (χ2n) is 5.79. The Labute approximate surface area is 157 Å². The van der Waals surface area contributed by atoms with E-state index in [0.717, 1.165) is 10.7 Å².